The Hall–Kier alpha value is -1.56. The lowest BCUT2D eigenvalue weighted by Crippen LogP contribution is -2.15. The fraction of sp³-hybridized carbons (Fsp3) is 0.250. The molecule has 1 fully saturated rings. The second-order valence-corrected chi connectivity index (χ2v) is 7.88. The van der Waals surface area contributed by atoms with Crippen LogP contribution in [-0.4, -0.2) is 26.8 Å². The number of ether oxygens (including phenoxy) is 1. The average Bonchev–Trinajstić information content (AvgIpc) is 3.20. The highest BCUT2D eigenvalue weighted by Gasteiger charge is 2.57. The summed E-state index contributed by atoms with van der Waals surface area (Å²) in [5.74, 6) is 0.543. The maximum atomic E-state index is 12.7. The van der Waals surface area contributed by atoms with Crippen molar-refractivity contribution in [3.05, 3.63) is 59.1 Å². The monoisotopic (exact) mass is 337 g/mol. The molecule has 116 valence electrons. The Morgan fingerprint density at radius 1 is 1.05 bits per heavy atom. The van der Waals surface area contributed by atoms with Gasteiger partial charge in [-0.05, 0) is 42.0 Å². The minimum absolute atomic E-state index is 0.188. The van der Waals surface area contributed by atoms with Gasteiger partial charge in [-0.1, -0.05) is 23.7 Å². The van der Waals surface area contributed by atoms with E-state index in [1.54, 1.807) is 19.2 Å². The van der Waals surface area contributed by atoms with E-state index < -0.39 is 21.1 Å². The van der Waals surface area contributed by atoms with E-state index in [1.165, 1.54) is 12.1 Å². The van der Waals surface area contributed by atoms with Gasteiger partial charge in [0.25, 0.3) is 0 Å². The molecule has 1 saturated carbocycles. The fourth-order valence-electron chi connectivity index (χ4n) is 2.72. The van der Waals surface area contributed by atoms with E-state index in [1.807, 2.05) is 24.3 Å². The molecule has 0 saturated heterocycles. The van der Waals surface area contributed by atoms with Crippen LogP contribution in [0.25, 0.3) is 0 Å². The number of hydrogen-bond donors (Lipinski definition) is 1. The van der Waals surface area contributed by atoms with Gasteiger partial charge in [0.05, 0.1) is 17.3 Å². The molecule has 0 aromatic heterocycles. The smallest absolute Gasteiger partial charge is 0.183 e. The van der Waals surface area contributed by atoms with Crippen molar-refractivity contribution in [1.82, 2.24) is 0 Å². The molecule has 0 aliphatic heterocycles. The Balaban J connectivity index is 1.87. The summed E-state index contributed by atoms with van der Waals surface area (Å²) in [4.78, 5) is 0.258. The van der Waals surface area contributed by atoms with Crippen molar-refractivity contribution < 1.29 is 13.2 Å². The van der Waals surface area contributed by atoms with Gasteiger partial charge >= 0.3 is 0 Å². The number of methoxy groups -OCH3 is 1. The lowest BCUT2D eigenvalue weighted by molar-refractivity contribution is 0.414. The number of sulfone groups is 1. The van der Waals surface area contributed by atoms with Crippen LogP contribution in [0.1, 0.15) is 11.5 Å². The van der Waals surface area contributed by atoms with Crippen molar-refractivity contribution in [3.63, 3.8) is 0 Å². The van der Waals surface area contributed by atoms with Crippen LogP contribution in [0.5, 0.6) is 5.75 Å². The quantitative estimate of drug-likeness (QED) is 0.931. The topological polar surface area (TPSA) is 69.4 Å². The molecular formula is C16H16ClNO3S. The van der Waals surface area contributed by atoms with Crippen LogP contribution < -0.4 is 10.5 Å². The average molecular weight is 338 g/mol. The molecule has 0 heterocycles. The largest absolute Gasteiger partial charge is 0.497 e. The van der Waals surface area contributed by atoms with E-state index in [-0.39, 0.29) is 10.8 Å². The van der Waals surface area contributed by atoms with Gasteiger partial charge in [-0.3, -0.25) is 0 Å². The maximum absolute atomic E-state index is 12.7. The van der Waals surface area contributed by atoms with Gasteiger partial charge in [0.15, 0.2) is 9.84 Å². The van der Waals surface area contributed by atoms with Crippen LogP contribution in [-0.2, 0) is 9.84 Å². The molecule has 4 nitrogen and oxygen atoms in total. The SMILES string of the molecule is COc1ccc(C2C(N)C2S(=O)(=O)c2ccc(Cl)cc2)cc1. The van der Waals surface area contributed by atoms with Crippen LogP contribution in [0.3, 0.4) is 0 Å². The Morgan fingerprint density at radius 2 is 1.64 bits per heavy atom. The summed E-state index contributed by atoms with van der Waals surface area (Å²) in [5.41, 5.74) is 6.94. The molecule has 2 N–H and O–H groups in total. The van der Waals surface area contributed by atoms with Crippen molar-refractivity contribution in [2.45, 2.75) is 22.1 Å². The van der Waals surface area contributed by atoms with Crippen molar-refractivity contribution in [3.8, 4) is 5.75 Å². The van der Waals surface area contributed by atoms with Gasteiger partial charge in [0, 0.05) is 17.0 Å². The Labute approximate surface area is 134 Å². The molecule has 3 atom stereocenters. The third-order valence-corrected chi connectivity index (χ3v) is 6.51. The third kappa shape index (κ3) is 2.60. The standard InChI is InChI=1S/C16H16ClNO3S/c1-21-12-6-2-10(3-7-12)14-15(18)16(14)22(19,20)13-8-4-11(17)5-9-13/h2-9,14-16H,18H2,1H3. The first-order valence-electron chi connectivity index (χ1n) is 6.84. The molecule has 2 aromatic rings. The molecule has 0 bridgehead atoms. The predicted octanol–water partition coefficient (Wildman–Crippen LogP) is 2.62. The van der Waals surface area contributed by atoms with Crippen molar-refractivity contribution in [1.29, 1.82) is 0 Å². The lowest BCUT2D eigenvalue weighted by atomic mass is 10.1. The molecule has 6 heteroatoms. The van der Waals surface area contributed by atoms with E-state index >= 15 is 0 Å². The van der Waals surface area contributed by atoms with Crippen LogP contribution >= 0.6 is 11.6 Å². The summed E-state index contributed by atoms with van der Waals surface area (Å²) in [5, 5.41) is -0.0900. The summed E-state index contributed by atoms with van der Waals surface area (Å²) in [6.07, 6.45) is 0. The molecular weight excluding hydrogens is 322 g/mol. The highest BCUT2D eigenvalue weighted by atomic mass is 35.5. The zero-order valence-corrected chi connectivity index (χ0v) is 13.5. The first kappa shape index (κ1) is 15.3. The molecule has 3 unspecified atom stereocenters. The fourth-order valence-corrected chi connectivity index (χ4v) is 4.90. The van der Waals surface area contributed by atoms with Crippen molar-refractivity contribution in [2.75, 3.05) is 7.11 Å². The zero-order valence-electron chi connectivity index (χ0n) is 11.9. The van der Waals surface area contributed by atoms with Gasteiger partial charge in [0.2, 0.25) is 0 Å². The van der Waals surface area contributed by atoms with E-state index in [2.05, 4.69) is 0 Å². The number of rotatable bonds is 4. The van der Waals surface area contributed by atoms with E-state index in [9.17, 15) is 8.42 Å². The third-order valence-electron chi connectivity index (χ3n) is 4.01. The Morgan fingerprint density at radius 3 is 2.18 bits per heavy atom. The van der Waals surface area contributed by atoms with Gasteiger partial charge in [-0.15, -0.1) is 0 Å². The molecule has 0 amide bonds. The number of benzene rings is 2. The normalized spacial score (nSPS) is 24.0. The highest BCUT2D eigenvalue weighted by molar-refractivity contribution is 7.92. The zero-order chi connectivity index (χ0) is 15.9. The summed E-state index contributed by atoms with van der Waals surface area (Å²) in [6.45, 7) is 0. The molecule has 0 radical (unpaired) electrons. The summed E-state index contributed by atoms with van der Waals surface area (Å²) in [7, 11) is -1.87. The first-order chi connectivity index (χ1) is 10.4. The van der Waals surface area contributed by atoms with Gasteiger partial charge in [0.1, 0.15) is 5.75 Å². The van der Waals surface area contributed by atoms with Gasteiger partial charge in [-0.25, -0.2) is 8.42 Å². The second-order valence-electron chi connectivity index (χ2n) is 5.34. The molecule has 2 aromatic carbocycles. The Bertz CT molecular complexity index is 772. The van der Waals surface area contributed by atoms with Crippen molar-refractivity contribution >= 4 is 21.4 Å². The highest BCUT2D eigenvalue weighted by Crippen LogP contribution is 2.47. The lowest BCUT2D eigenvalue weighted by Gasteiger charge is -2.05. The molecule has 3 rings (SSSR count). The van der Waals surface area contributed by atoms with Crippen LogP contribution in [0.15, 0.2) is 53.4 Å². The number of hydrogen-bond acceptors (Lipinski definition) is 4. The summed E-state index contributed by atoms with van der Waals surface area (Å²) >= 11 is 5.81. The molecule has 0 spiro atoms. The minimum Gasteiger partial charge on any atom is -0.497 e. The van der Waals surface area contributed by atoms with Crippen molar-refractivity contribution in [2.24, 2.45) is 5.73 Å². The van der Waals surface area contributed by atoms with Gasteiger partial charge < -0.3 is 10.5 Å². The number of halogens is 1. The molecule has 1 aliphatic carbocycles. The van der Waals surface area contributed by atoms with Crippen LogP contribution in [0.4, 0.5) is 0 Å². The number of nitrogens with two attached hydrogens (primary N) is 1. The van der Waals surface area contributed by atoms with Crippen LogP contribution in [0, 0.1) is 0 Å². The summed E-state index contributed by atoms with van der Waals surface area (Å²) in [6, 6.07) is 13.1. The summed E-state index contributed by atoms with van der Waals surface area (Å²) < 4.78 is 30.5. The first-order valence-corrected chi connectivity index (χ1v) is 8.76. The van der Waals surface area contributed by atoms with E-state index in [4.69, 9.17) is 22.1 Å². The maximum Gasteiger partial charge on any atom is 0.183 e. The van der Waals surface area contributed by atoms with Gasteiger partial charge in [-0.2, -0.15) is 0 Å². The second kappa shape index (κ2) is 5.57. The molecule has 22 heavy (non-hydrogen) atoms. The Kier molecular flexibility index (Phi) is 3.89. The minimum atomic E-state index is -3.46. The van der Waals surface area contributed by atoms with E-state index in [0.717, 1.165) is 11.3 Å². The van der Waals surface area contributed by atoms with E-state index in [0.29, 0.717) is 5.02 Å². The molecule has 1 aliphatic rings. The van der Waals surface area contributed by atoms with Crippen LogP contribution in [0.2, 0.25) is 5.02 Å². The predicted molar refractivity (Wildman–Crippen MR) is 86.1 cm³/mol.